The average Bonchev–Trinajstić information content (AvgIpc) is 2.45. The van der Waals surface area contributed by atoms with E-state index in [1.807, 2.05) is 54.6 Å². The summed E-state index contributed by atoms with van der Waals surface area (Å²) in [6, 6.07) is 17.6. The van der Waals surface area contributed by atoms with Crippen molar-refractivity contribution in [2.24, 2.45) is 0 Å². The average molecular weight is 237 g/mol. The van der Waals surface area contributed by atoms with Gasteiger partial charge < -0.3 is 10.1 Å². The van der Waals surface area contributed by atoms with Crippen LogP contribution < -0.4 is 10.1 Å². The highest BCUT2D eigenvalue weighted by molar-refractivity contribution is 5.49. The molecule has 0 saturated heterocycles. The van der Waals surface area contributed by atoms with E-state index in [0.29, 0.717) is 6.61 Å². The van der Waals surface area contributed by atoms with E-state index in [1.165, 1.54) is 0 Å². The molecular formula is C16H15NO. The van der Waals surface area contributed by atoms with Crippen molar-refractivity contribution in [3.63, 3.8) is 0 Å². The zero-order valence-electron chi connectivity index (χ0n) is 10.1. The van der Waals surface area contributed by atoms with Gasteiger partial charge in [0, 0.05) is 17.8 Å². The summed E-state index contributed by atoms with van der Waals surface area (Å²) in [5, 5.41) is 3.27. The third kappa shape index (κ3) is 3.57. The second kappa shape index (κ2) is 6.36. The Bertz CT molecular complexity index is 528. The first-order chi connectivity index (χ1) is 8.88. The molecule has 2 heteroatoms. The second-order valence-corrected chi connectivity index (χ2v) is 3.81. The fourth-order valence-electron chi connectivity index (χ4n) is 1.60. The lowest BCUT2D eigenvalue weighted by Gasteiger charge is -2.08. The van der Waals surface area contributed by atoms with Crippen LogP contribution in [0.2, 0.25) is 0 Å². The number of terminal acetylenes is 1. The van der Waals surface area contributed by atoms with Gasteiger partial charge in [-0.15, -0.1) is 6.42 Å². The van der Waals surface area contributed by atoms with Gasteiger partial charge >= 0.3 is 0 Å². The maximum Gasteiger partial charge on any atom is 0.119 e. The van der Waals surface area contributed by atoms with Gasteiger partial charge in [-0.2, -0.15) is 0 Å². The van der Waals surface area contributed by atoms with E-state index in [-0.39, 0.29) is 0 Å². The Labute approximate surface area is 108 Å². The molecule has 0 bridgehead atoms. The first kappa shape index (κ1) is 12.1. The zero-order chi connectivity index (χ0) is 12.6. The smallest absolute Gasteiger partial charge is 0.119 e. The number of benzene rings is 2. The minimum atomic E-state index is 0.615. The largest absolute Gasteiger partial charge is 0.492 e. The fraction of sp³-hybridized carbons (Fsp3) is 0.125. The molecule has 0 unspecified atom stereocenters. The predicted molar refractivity (Wildman–Crippen MR) is 74.8 cm³/mol. The van der Waals surface area contributed by atoms with Crippen molar-refractivity contribution in [3.8, 4) is 18.1 Å². The molecule has 2 nitrogen and oxygen atoms in total. The number of para-hydroxylation sites is 1. The molecule has 0 fully saturated rings. The Morgan fingerprint density at radius 3 is 2.67 bits per heavy atom. The van der Waals surface area contributed by atoms with Crippen LogP contribution in [0.5, 0.6) is 5.75 Å². The second-order valence-electron chi connectivity index (χ2n) is 3.81. The van der Waals surface area contributed by atoms with Crippen LogP contribution in [0.15, 0.2) is 54.6 Å². The molecular weight excluding hydrogens is 222 g/mol. The highest BCUT2D eigenvalue weighted by Gasteiger charge is 1.94. The molecule has 0 aliphatic carbocycles. The quantitative estimate of drug-likeness (QED) is 0.637. The van der Waals surface area contributed by atoms with Gasteiger partial charge in [0.05, 0.1) is 0 Å². The van der Waals surface area contributed by atoms with Crippen LogP contribution in [0.1, 0.15) is 5.56 Å². The van der Waals surface area contributed by atoms with Crippen LogP contribution in [0.4, 0.5) is 5.69 Å². The lowest BCUT2D eigenvalue weighted by molar-refractivity contribution is 0.333. The van der Waals surface area contributed by atoms with E-state index in [4.69, 9.17) is 11.2 Å². The molecule has 1 N–H and O–H groups in total. The zero-order valence-corrected chi connectivity index (χ0v) is 10.1. The standard InChI is InChI=1S/C16H15NO/c1-2-14-7-6-8-15(13-14)17-11-12-18-16-9-4-3-5-10-16/h1,3-10,13,17H,11-12H2. The molecule has 0 atom stereocenters. The lowest BCUT2D eigenvalue weighted by atomic mass is 10.2. The summed E-state index contributed by atoms with van der Waals surface area (Å²) in [6.07, 6.45) is 5.35. The minimum absolute atomic E-state index is 0.615. The van der Waals surface area contributed by atoms with Gasteiger partial charge in [-0.3, -0.25) is 0 Å². The maximum absolute atomic E-state index is 5.58. The summed E-state index contributed by atoms with van der Waals surface area (Å²) in [4.78, 5) is 0. The van der Waals surface area contributed by atoms with E-state index in [1.54, 1.807) is 0 Å². The third-order valence-electron chi connectivity index (χ3n) is 2.47. The first-order valence-corrected chi connectivity index (χ1v) is 5.87. The number of rotatable bonds is 5. The Kier molecular flexibility index (Phi) is 4.27. The van der Waals surface area contributed by atoms with Crippen molar-refractivity contribution in [1.82, 2.24) is 0 Å². The third-order valence-corrected chi connectivity index (χ3v) is 2.47. The minimum Gasteiger partial charge on any atom is -0.492 e. The highest BCUT2D eigenvalue weighted by Crippen LogP contribution is 2.10. The van der Waals surface area contributed by atoms with E-state index in [2.05, 4.69) is 11.2 Å². The van der Waals surface area contributed by atoms with Gasteiger partial charge in [0.1, 0.15) is 12.4 Å². The molecule has 2 rings (SSSR count). The van der Waals surface area contributed by atoms with Gasteiger partial charge in [-0.05, 0) is 30.3 Å². The Morgan fingerprint density at radius 2 is 1.89 bits per heavy atom. The van der Waals surface area contributed by atoms with Gasteiger partial charge in [0.2, 0.25) is 0 Å². The topological polar surface area (TPSA) is 21.3 Å². The van der Waals surface area contributed by atoms with Crippen molar-refractivity contribution in [3.05, 3.63) is 60.2 Å². The molecule has 0 saturated carbocycles. The van der Waals surface area contributed by atoms with Crippen molar-refractivity contribution >= 4 is 5.69 Å². The number of ether oxygens (including phenoxy) is 1. The van der Waals surface area contributed by atoms with E-state index >= 15 is 0 Å². The molecule has 0 heterocycles. The molecule has 0 aliphatic heterocycles. The molecule has 0 radical (unpaired) electrons. The first-order valence-electron chi connectivity index (χ1n) is 5.87. The fourth-order valence-corrected chi connectivity index (χ4v) is 1.60. The molecule has 0 aromatic heterocycles. The molecule has 0 spiro atoms. The van der Waals surface area contributed by atoms with Crippen molar-refractivity contribution in [1.29, 1.82) is 0 Å². The summed E-state index contributed by atoms with van der Waals surface area (Å²) >= 11 is 0. The van der Waals surface area contributed by atoms with Crippen LogP contribution in [0.25, 0.3) is 0 Å². The number of nitrogens with one attached hydrogen (secondary N) is 1. The maximum atomic E-state index is 5.58. The van der Waals surface area contributed by atoms with E-state index in [9.17, 15) is 0 Å². The van der Waals surface area contributed by atoms with Crippen LogP contribution in [-0.2, 0) is 0 Å². The number of anilines is 1. The Balaban J connectivity index is 1.77. The van der Waals surface area contributed by atoms with E-state index in [0.717, 1.165) is 23.5 Å². The lowest BCUT2D eigenvalue weighted by Crippen LogP contribution is -2.11. The van der Waals surface area contributed by atoms with Crippen molar-refractivity contribution < 1.29 is 4.74 Å². The van der Waals surface area contributed by atoms with Gasteiger partial charge in [0.25, 0.3) is 0 Å². The van der Waals surface area contributed by atoms with E-state index < -0.39 is 0 Å². The van der Waals surface area contributed by atoms with Gasteiger partial charge in [-0.1, -0.05) is 30.2 Å². The van der Waals surface area contributed by atoms with Gasteiger partial charge in [0.15, 0.2) is 0 Å². The monoisotopic (exact) mass is 237 g/mol. The molecule has 0 amide bonds. The van der Waals surface area contributed by atoms with Crippen molar-refractivity contribution in [2.45, 2.75) is 0 Å². The summed E-state index contributed by atoms with van der Waals surface area (Å²) < 4.78 is 5.58. The number of hydrogen-bond acceptors (Lipinski definition) is 2. The Hall–Kier alpha value is -2.40. The van der Waals surface area contributed by atoms with Crippen LogP contribution in [0, 0.1) is 12.3 Å². The Morgan fingerprint density at radius 1 is 1.06 bits per heavy atom. The molecule has 18 heavy (non-hydrogen) atoms. The van der Waals surface area contributed by atoms with Crippen LogP contribution in [0.3, 0.4) is 0 Å². The summed E-state index contributed by atoms with van der Waals surface area (Å²) in [7, 11) is 0. The summed E-state index contributed by atoms with van der Waals surface area (Å²) in [5.41, 5.74) is 1.89. The van der Waals surface area contributed by atoms with Gasteiger partial charge in [-0.25, -0.2) is 0 Å². The molecule has 2 aromatic rings. The summed E-state index contributed by atoms with van der Waals surface area (Å²) in [6.45, 7) is 1.35. The number of hydrogen-bond donors (Lipinski definition) is 1. The van der Waals surface area contributed by atoms with Crippen LogP contribution >= 0.6 is 0 Å². The molecule has 0 aliphatic rings. The predicted octanol–water partition coefficient (Wildman–Crippen LogP) is 3.16. The normalized spacial score (nSPS) is 9.50. The molecule has 2 aromatic carbocycles. The van der Waals surface area contributed by atoms with Crippen molar-refractivity contribution in [2.75, 3.05) is 18.5 Å². The highest BCUT2D eigenvalue weighted by atomic mass is 16.5. The molecule has 90 valence electrons. The summed E-state index contributed by atoms with van der Waals surface area (Å²) in [5.74, 6) is 3.50. The SMILES string of the molecule is C#Cc1cccc(NCCOc2ccccc2)c1. The van der Waals surface area contributed by atoms with Crippen LogP contribution in [-0.4, -0.2) is 13.2 Å².